The molecule has 0 saturated carbocycles. The number of sulfone groups is 1. The second-order valence-corrected chi connectivity index (χ2v) is 11.5. The number of esters is 1. The monoisotopic (exact) mass is 467 g/mol. The summed E-state index contributed by atoms with van der Waals surface area (Å²) in [5.74, 6) is 1.38. The Kier molecular flexibility index (Phi) is 10.5. The van der Waals surface area contributed by atoms with Crippen LogP contribution in [0.15, 0.2) is 36.4 Å². The molecule has 180 valence electrons. The number of carbonyl (C=O) groups excluding carboxylic acids is 2. The van der Waals surface area contributed by atoms with Gasteiger partial charge < -0.3 is 10.5 Å². The summed E-state index contributed by atoms with van der Waals surface area (Å²) in [6.45, 7) is 8.71. The van der Waals surface area contributed by atoms with Crippen LogP contribution in [0.1, 0.15) is 46.6 Å². The molecular formula is C23H37N3O5S. The molecule has 0 aromatic heterocycles. The number of hydrogen-bond donors (Lipinski definition) is 3. The van der Waals surface area contributed by atoms with Crippen LogP contribution in [0.3, 0.4) is 0 Å². The van der Waals surface area contributed by atoms with Crippen molar-refractivity contribution in [3.8, 4) is 0 Å². The molecule has 8 nitrogen and oxygen atoms in total. The number of nitrogens with one attached hydrogen (secondary N) is 1. The number of carbonyl (C=O) groups is 2. The molecule has 0 fully saturated rings. The molecule has 0 bridgehead atoms. The van der Waals surface area contributed by atoms with Crippen molar-refractivity contribution in [3.63, 3.8) is 0 Å². The van der Waals surface area contributed by atoms with Crippen molar-refractivity contribution >= 4 is 27.8 Å². The molecule has 0 spiro atoms. The Morgan fingerprint density at radius 2 is 1.75 bits per heavy atom. The third-order valence-electron chi connectivity index (χ3n) is 4.77. The van der Waals surface area contributed by atoms with Gasteiger partial charge in [-0.05, 0) is 38.7 Å². The standard InChI is InChI=1S/C23H37N3O5S/c1-16(2)15-18(21(27)26-25)20(22(28)31-23(3,4)5)19(32(29,30)14-13-24)12-11-17-9-7-6-8-10-17/h6-12,16,18-20H,13-15,24-25H2,1-5H3,(H,26,27)/b12-11+/t18-,19?,20-/m1/s1. The summed E-state index contributed by atoms with van der Waals surface area (Å²) in [6, 6.07) is 9.09. The van der Waals surface area contributed by atoms with E-state index in [2.05, 4.69) is 5.43 Å². The minimum atomic E-state index is -3.90. The van der Waals surface area contributed by atoms with Crippen LogP contribution >= 0.6 is 0 Å². The number of nitrogens with two attached hydrogens (primary N) is 2. The average molecular weight is 468 g/mol. The first-order chi connectivity index (χ1) is 14.8. The van der Waals surface area contributed by atoms with Gasteiger partial charge in [-0.1, -0.05) is 56.3 Å². The number of hydrazine groups is 1. The molecule has 1 rings (SSSR count). The maximum Gasteiger partial charge on any atom is 0.311 e. The van der Waals surface area contributed by atoms with E-state index in [1.165, 1.54) is 6.08 Å². The van der Waals surface area contributed by atoms with E-state index in [0.29, 0.717) is 0 Å². The van der Waals surface area contributed by atoms with Gasteiger partial charge >= 0.3 is 5.97 Å². The molecule has 0 radical (unpaired) electrons. The van der Waals surface area contributed by atoms with E-state index in [9.17, 15) is 18.0 Å². The second-order valence-electron chi connectivity index (χ2n) is 9.19. The fourth-order valence-electron chi connectivity index (χ4n) is 3.46. The zero-order valence-electron chi connectivity index (χ0n) is 19.6. The van der Waals surface area contributed by atoms with Crippen LogP contribution in [-0.4, -0.2) is 43.4 Å². The fraction of sp³-hybridized carbons (Fsp3) is 0.565. The molecule has 0 aliphatic rings. The molecular weight excluding hydrogens is 430 g/mol. The van der Waals surface area contributed by atoms with Crippen LogP contribution < -0.4 is 17.0 Å². The Hall–Kier alpha value is -2.23. The molecule has 1 unspecified atom stereocenters. The summed E-state index contributed by atoms with van der Waals surface area (Å²) < 4.78 is 32.1. The van der Waals surface area contributed by atoms with E-state index in [0.717, 1.165) is 5.56 Å². The lowest BCUT2D eigenvalue weighted by molar-refractivity contribution is -0.163. The SMILES string of the molecule is CC(C)C[C@@H](C(=O)NN)[C@@H](C(=O)OC(C)(C)C)C(/C=C/c1ccccc1)S(=O)(=O)CCN. The number of benzene rings is 1. The summed E-state index contributed by atoms with van der Waals surface area (Å²) in [7, 11) is -3.90. The van der Waals surface area contributed by atoms with Crippen molar-refractivity contribution in [1.29, 1.82) is 0 Å². The maximum absolute atomic E-state index is 13.3. The predicted octanol–water partition coefficient (Wildman–Crippen LogP) is 2.05. The molecule has 5 N–H and O–H groups in total. The first-order valence-electron chi connectivity index (χ1n) is 10.7. The van der Waals surface area contributed by atoms with E-state index >= 15 is 0 Å². The summed E-state index contributed by atoms with van der Waals surface area (Å²) in [5.41, 5.74) is 7.54. The van der Waals surface area contributed by atoms with Crippen LogP contribution in [0.2, 0.25) is 0 Å². The highest BCUT2D eigenvalue weighted by atomic mass is 32.2. The Morgan fingerprint density at radius 3 is 2.22 bits per heavy atom. The number of amides is 1. The van der Waals surface area contributed by atoms with E-state index in [1.54, 1.807) is 26.8 Å². The number of ether oxygens (including phenoxy) is 1. The Balaban J connectivity index is 3.67. The summed E-state index contributed by atoms with van der Waals surface area (Å²) >= 11 is 0. The largest absolute Gasteiger partial charge is 0.460 e. The van der Waals surface area contributed by atoms with Gasteiger partial charge in [-0.25, -0.2) is 14.3 Å². The van der Waals surface area contributed by atoms with Crippen molar-refractivity contribution in [2.45, 2.75) is 51.9 Å². The lowest BCUT2D eigenvalue weighted by atomic mass is 9.82. The maximum atomic E-state index is 13.3. The van der Waals surface area contributed by atoms with Crippen molar-refractivity contribution in [1.82, 2.24) is 5.43 Å². The lowest BCUT2D eigenvalue weighted by Crippen LogP contribution is -2.49. The first-order valence-corrected chi connectivity index (χ1v) is 12.4. The van der Waals surface area contributed by atoms with E-state index in [-0.39, 0.29) is 24.6 Å². The van der Waals surface area contributed by atoms with Gasteiger partial charge in [0.2, 0.25) is 5.91 Å². The van der Waals surface area contributed by atoms with Gasteiger partial charge in [0.1, 0.15) is 5.60 Å². The molecule has 0 aliphatic heterocycles. The third-order valence-corrected chi connectivity index (χ3v) is 6.85. The molecule has 1 amide bonds. The van der Waals surface area contributed by atoms with E-state index in [4.69, 9.17) is 16.3 Å². The fourth-order valence-corrected chi connectivity index (χ4v) is 5.13. The molecule has 9 heteroatoms. The minimum Gasteiger partial charge on any atom is -0.460 e. The Bertz CT molecular complexity index is 877. The van der Waals surface area contributed by atoms with Gasteiger partial charge in [0, 0.05) is 6.54 Å². The zero-order chi connectivity index (χ0) is 24.5. The normalized spacial score (nSPS) is 15.4. The Labute approximate surface area is 191 Å². The van der Waals surface area contributed by atoms with Crippen LogP contribution in [0.5, 0.6) is 0 Å². The molecule has 32 heavy (non-hydrogen) atoms. The number of rotatable bonds is 11. The highest BCUT2D eigenvalue weighted by Gasteiger charge is 2.45. The second kappa shape index (κ2) is 12.1. The molecule has 0 aliphatic carbocycles. The molecule has 3 atom stereocenters. The third kappa shape index (κ3) is 8.72. The van der Waals surface area contributed by atoms with Gasteiger partial charge in [0.25, 0.3) is 0 Å². The van der Waals surface area contributed by atoms with Gasteiger partial charge in [0.15, 0.2) is 9.84 Å². The lowest BCUT2D eigenvalue weighted by Gasteiger charge is -2.32. The molecule has 1 aromatic rings. The van der Waals surface area contributed by atoms with Crippen molar-refractivity contribution in [3.05, 3.63) is 42.0 Å². The first kappa shape index (κ1) is 27.8. The zero-order valence-corrected chi connectivity index (χ0v) is 20.4. The van der Waals surface area contributed by atoms with E-state index in [1.807, 2.05) is 44.2 Å². The average Bonchev–Trinajstić information content (AvgIpc) is 2.68. The molecule has 1 aromatic carbocycles. The quantitative estimate of drug-likeness (QED) is 0.196. The number of hydrogen-bond acceptors (Lipinski definition) is 7. The predicted molar refractivity (Wildman–Crippen MR) is 127 cm³/mol. The van der Waals surface area contributed by atoms with Crippen LogP contribution in [0, 0.1) is 17.8 Å². The van der Waals surface area contributed by atoms with Gasteiger partial charge in [-0.15, -0.1) is 0 Å². The van der Waals surface area contributed by atoms with Crippen LogP contribution in [0.4, 0.5) is 0 Å². The van der Waals surface area contributed by atoms with Crippen molar-refractivity contribution < 1.29 is 22.7 Å². The van der Waals surface area contributed by atoms with Crippen molar-refractivity contribution in [2.24, 2.45) is 29.3 Å². The molecule has 0 heterocycles. The highest BCUT2D eigenvalue weighted by Crippen LogP contribution is 2.32. The summed E-state index contributed by atoms with van der Waals surface area (Å²) in [4.78, 5) is 26.1. The topological polar surface area (TPSA) is 142 Å². The smallest absolute Gasteiger partial charge is 0.311 e. The molecule has 0 saturated heterocycles. The van der Waals surface area contributed by atoms with Gasteiger partial charge in [-0.3, -0.25) is 15.0 Å². The minimum absolute atomic E-state index is 0.00166. The van der Waals surface area contributed by atoms with E-state index < -0.39 is 44.4 Å². The van der Waals surface area contributed by atoms with Crippen molar-refractivity contribution in [2.75, 3.05) is 12.3 Å². The van der Waals surface area contributed by atoms with Crippen LogP contribution in [0.25, 0.3) is 6.08 Å². The highest BCUT2D eigenvalue weighted by molar-refractivity contribution is 7.92. The summed E-state index contributed by atoms with van der Waals surface area (Å²) in [5, 5.41) is -1.32. The van der Waals surface area contributed by atoms with Crippen LogP contribution in [-0.2, 0) is 24.2 Å². The van der Waals surface area contributed by atoms with Gasteiger partial charge in [0.05, 0.1) is 22.8 Å². The Morgan fingerprint density at radius 1 is 1.16 bits per heavy atom. The summed E-state index contributed by atoms with van der Waals surface area (Å²) in [6.07, 6.45) is 3.33. The van der Waals surface area contributed by atoms with Gasteiger partial charge in [-0.2, -0.15) is 0 Å².